The number of amides is 1. The van der Waals surface area contributed by atoms with Gasteiger partial charge in [0.05, 0.1) is 13.2 Å². The van der Waals surface area contributed by atoms with E-state index in [2.05, 4.69) is 27.2 Å². The topological polar surface area (TPSA) is 70.8 Å². The number of carbonyl (C=O) groups excluding carboxylic acids is 1. The zero-order chi connectivity index (χ0) is 19.3. The molecule has 7 heteroatoms. The molecule has 0 bridgehead atoms. The van der Waals surface area contributed by atoms with Crippen LogP contribution in [-0.2, 0) is 4.74 Å². The normalized spacial score (nSPS) is 20.5. The smallest absolute Gasteiger partial charge is 0.259 e. The van der Waals surface area contributed by atoms with Crippen molar-refractivity contribution in [2.24, 2.45) is 0 Å². The molecule has 1 amide bonds. The lowest BCUT2D eigenvalue weighted by Gasteiger charge is -2.27. The molecule has 150 valence electrons. The minimum Gasteiger partial charge on any atom is -0.378 e. The Hall–Kier alpha value is -2.38. The van der Waals surface area contributed by atoms with Crippen LogP contribution >= 0.6 is 0 Å². The maximum Gasteiger partial charge on any atom is 0.259 e. The second kappa shape index (κ2) is 8.75. The van der Waals surface area contributed by atoms with E-state index in [4.69, 9.17) is 9.26 Å². The summed E-state index contributed by atoms with van der Waals surface area (Å²) in [4.78, 5) is 17.7. The quantitative estimate of drug-likeness (QED) is 0.825. The van der Waals surface area contributed by atoms with Crippen LogP contribution in [0.3, 0.4) is 0 Å². The molecule has 0 radical (unpaired) electrons. The maximum absolute atomic E-state index is 13.2. The van der Waals surface area contributed by atoms with E-state index in [0.717, 1.165) is 25.1 Å². The summed E-state index contributed by atoms with van der Waals surface area (Å²) in [7, 11) is 0. The largest absolute Gasteiger partial charge is 0.378 e. The number of carbonyl (C=O) groups is 1. The summed E-state index contributed by atoms with van der Waals surface area (Å²) >= 11 is 0. The third-order valence-corrected chi connectivity index (χ3v) is 5.65. The first kappa shape index (κ1) is 19.0. The van der Waals surface area contributed by atoms with Crippen LogP contribution in [0, 0.1) is 0 Å². The minimum absolute atomic E-state index is 0.121. The van der Waals surface area contributed by atoms with Crippen LogP contribution in [0.25, 0.3) is 11.3 Å². The highest BCUT2D eigenvalue weighted by molar-refractivity contribution is 6.04. The number of nitrogens with zero attached hydrogens (tertiary/aromatic N) is 3. The molecular weight excluding hydrogens is 356 g/mol. The fourth-order valence-electron chi connectivity index (χ4n) is 4.11. The monoisotopic (exact) mass is 384 g/mol. The molecule has 0 aliphatic carbocycles. The van der Waals surface area contributed by atoms with E-state index in [9.17, 15) is 4.79 Å². The predicted octanol–water partition coefficient (Wildman–Crippen LogP) is 2.39. The Morgan fingerprint density at radius 1 is 1.21 bits per heavy atom. The SMILES string of the molecule is CCN1CCC[C@H]1CNC(=O)c1c(N2CCOCC2)noc1-c1ccccc1. The first-order chi connectivity index (χ1) is 13.8. The van der Waals surface area contributed by atoms with Gasteiger partial charge in [-0.05, 0) is 25.9 Å². The van der Waals surface area contributed by atoms with Crippen LogP contribution in [0.2, 0.25) is 0 Å². The van der Waals surface area contributed by atoms with Crippen LogP contribution in [0.1, 0.15) is 30.1 Å². The van der Waals surface area contributed by atoms with Crippen molar-refractivity contribution >= 4 is 11.7 Å². The summed E-state index contributed by atoms with van der Waals surface area (Å²) in [6.07, 6.45) is 2.32. The second-order valence-electron chi connectivity index (χ2n) is 7.31. The van der Waals surface area contributed by atoms with E-state index in [1.165, 1.54) is 6.42 Å². The summed E-state index contributed by atoms with van der Waals surface area (Å²) in [6, 6.07) is 10.1. The molecule has 1 aromatic carbocycles. The minimum atomic E-state index is -0.121. The molecule has 0 unspecified atom stereocenters. The number of nitrogens with one attached hydrogen (secondary N) is 1. The molecule has 2 saturated heterocycles. The number of hydrogen-bond donors (Lipinski definition) is 1. The van der Waals surface area contributed by atoms with Crippen molar-refractivity contribution in [2.75, 3.05) is 50.8 Å². The number of likely N-dealkylation sites (N-methyl/N-ethyl adjacent to an activating group) is 1. The van der Waals surface area contributed by atoms with Crippen molar-refractivity contribution in [3.05, 3.63) is 35.9 Å². The van der Waals surface area contributed by atoms with Crippen LogP contribution in [0.4, 0.5) is 5.82 Å². The number of ether oxygens (including phenoxy) is 1. The Bertz CT molecular complexity index is 786. The fourth-order valence-corrected chi connectivity index (χ4v) is 4.11. The van der Waals surface area contributed by atoms with Crippen molar-refractivity contribution in [3.8, 4) is 11.3 Å². The van der Waals surface area contributed by atoms with E-state index in [1.54, 1.807) is 0 Å². The van der Waals surface area contributed by atoms with Gasteiger partial charge in [-0.3, -0.25) is 9.69 Å². The fraction of sp³-hybridized carbons (Fsp3) is 0.524. The van der Waals surface area contributed by atoms with Gasteiger partial charge < -0.3 is 19.5 Å². The predicted molar refractivity (Wildman–Crippen MR) is 108 cm³/mol. The molecule has 2 aliphatic heterocycles. The van der Waals surface area contributed by atoms with E-state index >= 15 is 0 Å². The molecule has 1 atom stereocenters. The molecule has 2 aromatic rings. The van der Waals surface area contributed by atoms with Gasteiger partial charge >= 0.3 is 0 Å². The third-order valence-electron chi connectivity index (χ3n) is 5.65. The van der Waals surface area contributed by atoms with Gasteiger partial charge in [0.15, 0.2) is 11.6 Å². The molecule has 1 aromatic heterocycles. The summed E-state index contributed by atoms with van der Waals surface area (Å²) in [5.41, 5.74) is 1.38. The van der Waals surface area contributed by atoms with E-state index in [1.807, 2.05) is 30.3 Å². The Kier molecular flexibility index (Phi) is 5.92. The Balaban J connectivity index is 1.59. The van der Waals surface area contributed by atoms with Gasteiger partial charge in [0.2, 0.25) is 0 Å². The van der Waals surface area contributed by atoms with E-state index < -0.39 is 0 Å². The van der Waals surface area contributed by atoms with Crippen LogP contribution < -0.4 is 10.2 Å². The number of rotatable bonds is 6. The molecule has 28 heavy (non-hydrogen) atoms. The van der Waals surface area contributed by atoms with Gasteiger partial charge in [0.1, 0.15) is 5.56 Å². The number of hydrogen-bond acceptors (Lipinski definition) is 6. The first-order valence-electron chi connectivity index (χ1n) is 10.2. The summed E-state index contributed by atoms with van der Waals surface area (Å²) in [5.74, 6) is 1.02. The first-order valence-corrected chi connectivity index (χ1v) is 10.2. The molecular formula is C21H28N4O3. The highest BCUT2D eigenvalue weighted by Gasteiger charge is 2.30. The van der Waals surface area contributed by atoms with Gasteiger partial charge in [-0.2, -0.15) is 0 Å². The van der Waals surface area contributed by atoms with Crippen molar-refractivity contribution in [1.29, 1.82) is 0 Å². The van der Waals surface area contributed by atoms with Crippen molar-refractivity contribution in [2.45, 2.75) is 25.8 Å². The van der Waals surface area contributed by atoms with Crippen LogP contribution in [-0.4, -0.2) is 67.9 Å². The molecule has 2 aliphatic rings. The van der Waals surface area contributed by atoms with E-state index in [-0.39, 0.29) is 5.91 Å². The molecule has 3 heterocycles. The van der Waals surface area contributed by atoms with Crippen molar-refractivity contribution in [1.82, 2.24) is 15.4 Å². The lowest BCUT2D eigenvalue weighted by molar-refractivity contribution is 0.0940. The van der Waals surface area contributed by atoms with Gasteiger partial charge in [0, 0.05) is 31.2 Å². The van der Waals surface area contributed by atoms with Gasteiger partial charge in [-0.15, -0.1) is 0 Å². The highest BCUT2D eigenvalue weighted by Crippen LogP contribution is 2.32. The lowest BCUT2D eigenvalue weighted by Crippen LogP contribution is -2.41. The Morgan fingerprint density at radius 3 is 2.75 bits per heavy atom. The summed E-state index contributed by atoms with van der Waals surface area (Å²) in [6.45, 7) is 7.60. The zero-order valence-electron chi connectivity index (χ0n) is 16.4. The van der Waals surface area contributed by atoms with E-state index in [0.29, 0.717) is 56.0 Å². The number of anilines is 1. The number of aromatic nitrogens is 1. The maximum atomic E-state index is 13.2. The molecule has 7 nitrogen and oxygen atoms in total. The second-order valence-corrected chi connectivity index (χ2v) is 7.31. The Labute approximate surface area is 165 Å². The number of benzene rings is 1. The average molecular weight is 384 g/mol. The lowest BCUT2D eigenvalue weighted by atomic mass is 10.1. The molecule has 1 N–H and O–H groups in total. The molecule has 2 fully saturated rings. The van der Waals surface area contributed by atoms with Gasteiger partial charge in [-0.25, -0.2) is 0 Å². The zero-order valence-corrected chi connectivity index (χ0v) is 16.4. The highest BCUT2D eigenvalue weighted by atomic mass is 16.5. The average Bonchev–Trinajstić information content (AvgIpc) is 3.40. The Morgan fingerprint density at radius 2 is 2.00 bits per heavy atom. The summed E-state index contributed by atoms with van der Waals surface area (Å²) < 4.78 is 11.1. The van der Waals surface area contributed by atoms with Gasteiger partial charge in [0.25, 0.3) is 5.91 Å². The summed E-state index contributed by atoms with van der Waals surface area (Å²) in [5, 5.41) is 7.41. The van der Waals surface area contributed by atoms with Crippen molar-refractivity contribution in [3.63, 3.8) is 0 Å². The molecule has 0 spiro atoms. The standard InChI is InChI=1S/C21H28N4O3/c1-2-24-10-6-9-17(24)15-22-21(26)18-19(16-7-4-3-5-8-16)28-23-20(18)25-11-13-27-14-12-25/h3-5,7-8,17H,2,6,9-15H2,1H3,(H,22,26)/t17-/m0/s1. The van der Waals surface area contributed by atoms with Crippen LogP contribution in [0.15, 0.2) is 34.9 Å². The molecule has 0 saturated carbocycles. The third kappa shape index (κ3) is 3.91. The molecule has 4 rings (SSSR count). The number of morpholine rings is 1. The number of likely N-dealkylation sites (tertiary alicyclic amines) is 1. The van der Waals surface area contributed by atoms with Crippen molar-refractivity contribution < 1.29 is 14.1 Å². The van der Waals surface area contributed by atoms with Gasteiger partial charge in [-0.1, -0.05) is 42.4 Å². The van der Waals surface area contributed by atoms with Crippen LogP contribution in [0.5, 0.6) is 0 Å².